The topological polar surface area (TPSA) is 46.3 Å². The zero-order valence-electron chi connectivity index (χ0n) is 13.7. The Morgan fingerprint density at radius 2 is 1.95 bits per heavy atom. The summed E-state index contributed by atoms with van der Waals surface area (Å²) in [5.41, 5.74) is 10.0. The van der Waals surface area contributed by atoms with E-state index in [1.165, 1.54) is 36.0 Å². The summed E-state index contributed by atoms with van der Waals surface area (Å²) in [6.07, 6.45) is 8.01. The first-order valence-electron chi connectivity index (χ1n) is 8.85. The van der Waals surface area contributed by atoms with E-state index in [2.05, 4.69) is 30.0 Å². The Morgan fingerprint density at radius 3 is 2.68 bits per heavy atom. The van der Waals surface area contributed by atoms with Gasteiger partial charge in [-0.15, -0.1) is 0 Å². The van der Waals surface area contributed by atoms with Crippen LogP contribution in [0.5, 0.6) is 0 Å². The van der Waals surface area contributed by atoms with Gasteiger partial charge in [-0.2, -0.15) is 0 Å². The van der Waals surface area contributed by atoms with Gasteiger partial charge in [0.15, 0.2) is 0 Å². The van der Waals surface area contributed by atoms with Crippen molar-refractivity contribution in [2.45, 2.75) is 71.0 Å². The van der Waals surface area contributed by atoms with Crippen molar-refractivity contribution >= 4 is 5.91 Å². The maximum Gasteiger partial charge on any atom is 0.226 e. The van der Waals surface area contributed by atoms with Crippen LogP contribution < -0.4 is 5.73 Å². The van der Waals surface area contributed by atoms with E-state index >= 15 is 0 Å². The van der Waals surface area contributed by atoms with Crippen molar-refractivity contribution in [3.05, 3.63) is 34.9 Å². The maximum atomic E-state index is 12.7. The Morgan fingerprint density at radius 1 is 1.23 bits per heavy atom. The molecule has 0 aromatic heterocycles. The highest BCUT2D eigenvalue weighted by Crippen LogP contribution is 2.31. The van der Waals surface area contributed by atoms with E-state index in [4.69, 9.17) is 5.73 Å². The van der Waals surface area contributed by atoms with Crippen LogP contribution in [0.15, 0.2) is 18.2 Å². The number of fused-ring (bicyclic) bond motifs is 1. The summed E-state index contributed by atoms with van der Waals surface area (Å²) in [6, 6.07) is 6.67. The average Bonchev–Trinajstić information content (AvgIpc) is 2.98. The molecule has 0 saturated heterocycles. The van der Waals surface area contributed by atoms with E-state index in [1.54, 1.807) is 0 Å². The number of benzene rings is 1. The third-order valence-corrected chi connectivity index (χ3v) is 5.25. The van der Waals surface area contributed by atoms with Gasteiger partial charge in [-0.3, -0.25) is 4.79 Å². The van der Waals surface area contributed by atoms with Crippen LogP contribution in [0.4, 0.5) is 0 Å². The van der Waals surface area contributed by atoms with Gasteiger partial charge >= 0.3 is 0 Å². The molecular weight excluding hydrogens is 272 g/mol. The van der Waals surface area contributed by atoms with Gasteiger partial charge in [-0.25, -0.2) is 0 Å². The predicted octanol–water partition coefficient (Wildman–Crippen LogP) is 3.91. The highest BCUT2D eigenvalue weighted by molar-refractivity contribution is 5.79. The number of hydrogen-bond acceptors (Lipinski definition) is 2. The summed E-state index contributed by atoms with van der Waals surface area (Å²) in [6.45, 7) is 3.73. The molecule has 1 heterocycles. The van der Waals surface area contributed by atoms with Crippen LogP contribution in [0, 0.1) is 5.92 Å². The van der Waals surface area contributed by atoms with Crippen molar-refractivity contribution in [2.24, 2.45) is 11.7 Å². The summed E-state index contributed by atoms with van der Waals surface area (Å²) < 4.78 is 0. The van der Waals surface area contributed by atoms with Gasteiger partial charge in [-0.1, -0.05) is 50.8 Å². The number of carbonyl (C=O) groups excluding carboxylic acids is 1. The second kappa shape index (κ2) is 6.82. The van der Waals surface area contributed by atoms with Crippen molar-refractivity contribution in [2.75, 3.05) is 0 Å². The molecule has 3 rings (SSSR count). The molecule has 1 atom stereocenters. The van der Waals surface area contributed by atoms with E-state index in [-0.39, 0.29) is 12.0 Å². The number of hydrogen-bond donors (Lipinski definition) is 1. The summed E-state index contributed by atoms with van der Waals surface area (Å²) in [5, 5.41) is 0. The Bertz CT molecular complexity index is 534. The van der Waals surface area contributed by atoms with Gasteiger partial charge in [-0.05, 0) is 36.0 Å². The third-order valence-electron chi connectivity index (χ3n) is 5.25. The maximum absolute atomic E-state index is 12.7. The van der Waals surface area contributed by atoms with Crippen molar-refractivity contribution < 1.29 is 4.79 Å². The molecule has 3 nitrogen and oxygen atoms in total. The molecule has 1 aliphatic heterocycles. The first-order valence-corrected chi connectivity index (χ1v) is 8.85. The minimum absolute atomic E-state index is 0.124. The third kappa shape index (κ3) is 3.19. The minimum Gasteiger partial charge on any atom is -0.334 e. The fourth-order valence-corrected chi connectivity index (χ4v) is 3.89. The number of rotatable bonds is 4. The van der Waals surface area contributed by atoms with Crippen molar-refractivity contribution in [1.29, 1.82) is 0 Å². The molecule has 1 unspecified atom stereocenters. The fraction of sp³-hybridized carbons (Fsp3) is 0.632. The minimum atomic E-state index is 0.124. The Hall–Kier alpha value is -1.35. The SMILES string of the molecule is CCCC(N)c1ccc2c(c1)CN(C(=O)C1CCCCC1)C2. The standard InChI is InChI=1S/C19H28N2O/c1-2-6-18(20)15-9-10-16-12-21(13-17(16)11-15)19(22)14-7-4-3-5-8-14/h9-11,14,18H,2-8,12-13,20H2,1H3. The molecule has 2 N–H and O–H groups in total. The quantitative estimate of drug-likeness (QED) is 0.916. The summed E-state index contributed by atoms with van der Waals surface area (Å²) >= 11 is 0. The molecule has 0 radical (unpaired) electrons. The zero-order valence-corrected chi connectivity index (χ0v) is 13.7. The van der Waals surface area contributed by atoms with Gasteiger partial charge < -0.3 is 10.6 Å². The van der Waals surface area contributed by atoms with Crippen LogP contribution in [0.1, 0.15) is 74.6 Å². The van der Waals surface area contributed by atoms with E-state index < -0.39 is 0 Å². The molecule has 1 saturated carbocycles. The number of nitrogens with zero attached hydrogens (tertiary/aromatic N) is 1. The lowest BCUT2D eigenvalue weighted by Gasteiger charge is -2.25. The molecule has 3 heteroatoms. The summed E-state index contributed by atoms with van der Waals surface area (Å²) in [7, 11) is 0. The van der Waals surface area contributed by atoms with Crippen molar-refractivity contribution in [3.8, 4) is 0 Å². The van der Waals surface area contributed by atoms with Gasteiger partial charge in [0.25, 0.3) is 0 Å². The molecule has 1 aromatic carbocycles. The van der Waals surface area contributed by atoms with E-state index in [1.807, 2.05) is 0 Å². The average molecular weight is 300 g/mol. The summed E-state index contributed by atoms with van der Waals surface area (Å²) in [5.74, 6) is 0.639. The normalized spacial score (nSPS) is 20.0. The molecule has 2 aliphatic rings. The largest absolute Gasteiger partial charge is 0.334 e. The van der Waals surface area contributed by atoms with Gasteiger partial charge in [0, 0.05) is 25.0 Å². The zero-order chi connectivity index (χ0) is 15.5. The van der Waals surface area contributed by atoms with Gasteiger partial charge in [0.2, 0.25) is 5.91 Å². The molecule has 22 heavy (non-hydrogen) atoms. The molecule has 1 aliphatic carbocycles. The number of amides is 1. The fourth-order valence-electron chi connectivity index (χ4n) is 3.89. The van der Waals surface area contributed by atoms with Crippen LogP contribution >= 0.6 is 0 Å². The molecule has 0 bridgehead atoms. The van der Waals surface area contributed by atoms with Gasteiger partial charge in [0.05, 0.1) is 0 Å². The molecule has 1 amide bonds. The first kappa shape index (κ1) is 15.5. The van der Waals surface area contributed by atoms with Crippen LogP contribution in [0.2, 0.25) is 0 Å². The highest BCUT2D eigenvalue weighted by atomic mass is 16.2. The Labute approximate surface area is 133 Å². The van der Waals surface area contributed by atoms with Crippen LogP contribution in [-0.2, 0) is 17.9 Å². The smallest absolute Gasteiger partial charge is 0.226 e. The summed E-state index contributed by atoms with van der Waals surface area (Å²) in [4.78, 5) is 14.7. The molecule has 0 spiro atoms. The number of carbonyl (C=O) groups is 1. The monoisotopic (exact) mass is 300 g/mol. The predicted molar refractivity (Wildman–Crippen MR) is 89.1 cm³/mol. The first-order chi connectivity index (χ1) is 10.7. The van der Waals surface area contributed by atoms with Crippen LogP contribution in [-0.4, -0.2) is 10.8 Å². The molecule has 1 aromatic rings. The van der Waals surface area contributed by atoms with Crippen molar-refractivity contribution in [1.82, 2.24) is 4.90 Å². The van der Waals surface area contributed by atoms with Crippen LogP contribution in [0.3, 0.4) is 0 Å². The lowest BCUT2D eigenvalue weighted by atomic mass is 9.88. The second-order valence-electron chi connectivity index (χ2n) is 6.95. The van der Waals surface area contributed by atoms with E-state index in [9.17, 15) is 4.79 Å². The van der Waals surface area contributed by atoms with E-state index in [0.717, 1.165) is 38.8 Å². The Kier molecular flexibility index (Phi) is 4.82. The second-order valence-corrected chi connectivity index (χ2v) is 6.95. The highest BCUT2D eigenvalue weighted by Gasteiger charge is 2.30. The van der Waals surface area contributed by atoms with E-state index in [0.29, 0.717) is 5.91 Å². The number of nitrogens with two attached hydrogens (primary N) is 1. The molecule has 1 fully saturated rings. The van der Waals surface area contributed by atoms with Crippen molar-refractivity contribution in [3.63, 3.8) is 0 Å². The Balaban J connectivity index is 1.68. The lowest BCUT2D eigenvalue weighted by Crippen LogP contribution is -2.33. The molecular formula is C19H28N2O. The lowest BCUT2D eigenvalue weighted by molar-refractivity contribution is -0.137. The molecule has 120 valence electrons. The van der Waals surface area contributed by atoms with Gasteiger partial charge in [0.1, 0.15) is 0 Å². The van der Waals surface area contributed by atoms with Crippen LogP contribution in [0.25, 0.3) is 0 Å².